The van der Waals surface area contributed by atoms with E-state index in [0.29, 0.717) is 18.2 Å². The summed E-state index contributed by atoms with van der Waals surface area (Å²) in [5.74, 6) is 0.0812. The number of hydrogen-bond donors (Lipinski definition) is 2. The summed E-state index contributed by atoms with van der Waals surface area (Å²) in [7, 11) is 1.67. The number of amides is 3. The Morgan fingerprint density at radius 3 is 2.68 bits per heavy atom. The van der Waals surface area contributed by atoms with Crippen molar-refractivity contribution in [3.8, 4) is 0 Å². The molecule has 8 nitrogen and oxygen atoms in total. The van der Waals surface area contributed by atoms with Gasteiger partial charge in [0.2, 0.25) is 5.13 Å². The average Bonchev–Trinajstić information content (AvgIpc) is 2.87. The maximum absolute atomic E-state index is 11.8. The van der Waals surface area contributed by atoms with Crippen molar-refractivity contribution in [2.24, 2.45) is 5.92 Å². The minimum atomic E-state index is -0.519. The molecule has 0 aliphatic rings. The van der Waals surface area contributed by atoms with Crippen molar-refractivity contribution < 1.29 is 14.3 Å². The molecule has 124 valence electrons. The molecule has 0 aromatic carbocycles. The van der Waals surface area contributed by atoms with E-state index >= 15 is 0 Å². The normalized spacial score (nSPS) is 12.4. The smallest absolute Gasteiger partial charge is 0.410 e. The first kappa shape index (κ1) is 18.1. The molecule has 0 bridgehead atoms. The predicted octanol–water partition coefficient (Wildman–Crippen LogP) is 2.16. The second-order valence-electron chi connectivity index (χ2n) is 6.04. The summed E-state index contributed by atoms with van der Waals surface area (Å²) in [4.78, 5) is 25.0. The lowest BCUT2D eigenvalue weighted by molar-refractivity contribution is 0.0278. The van der Waals surface area contributed by atoms with Crippen LogP contribution in [0.25, 0.3) is 0 Å². The van der Waals surface area contributed by atoms with Crippen molar-refractivity contribution in [2.75, 3.05) is 25.5 Å². The van der Waals surface area contributed by atoms with E-state index in [9.17, 15) is 9.59 Å². The maximum atomic E-state index is 11.8. The minimum Gasteiger partial charge on any atom is -0.444 e. The van der Waals surface area contributed by atoms with Crippen LogP contribution in [0.2, 0.25) is 0 Å². The lowest BCUT2D eigenvalue weighted by Gasteiger charge is -2.26. The molecule has 3 amide bonds. The van der Waals surface area contributed by atoms with Crippen molar-refractivity contribution in [2.45, 2.75) is 33.3 Å². The quantitative estimate of drug-likeness (QED) is 0.863. The summed E-state index contributed by atoms with van der Waals surface area (Å²) in [6.45, 7) is 8.31. The third kappa shape index (κ3) is 7.21. The molecule has 0 saturated heterocycles. The molecule has 1 aromatic rings. The summed E-state index contributed by atoms with van der Waals surface area (Å²) in [5, 5.41) is 13.1. The molecular formula is C13H23N5O3S. The molecule has 22 heavy (non-hydrogen) atoms. The van der Waals surface area contributed by atoms with Gasteiger partial charge in [0.1, 0.15) is 11.1 Å². The Hall–Kier alpha value is -1.90. The van der Waals surface area contributed by atoms with Crippen LogP contribution in [0.5, 0.6) is 0 Å². The first-order chi connectivity index (χ1) is 10.2. The highest BCUT2D eigenvalue weighted by Gasteiger charge is 2.20. The largest absolute Gasteiger partial charge is 0.444 e. The number of anilines is 1. The second kappa shape index (κ2) is 7.92. The van der Waals surface area contributed by atoms with E-state index < -0.39 is 5.60 Å². The van der Waals surface area contributed by atoms with Crippen molar-refractivity contribution in [1.29, 1.82) is 0 Å². The topological polar surface area (TPSA) is 96.5 Å². The number of aromatic nitrogens is 2. The molecule has 9 heteroatoms. The Kier molecular flexibility index (Phi) is 6.54. The van der Waals surface area contributed by atoms with Crippen LogP contribution >= 0.6 is 11.3 Å². The summed E-state index contributed by atoms with van der Waals surface area (Å²) in [5.41, 5.74) is 1.02. The zero-order chi connectivity index (χ0) is 16.8. The van der Waals surface area contributed by atoms with Crippen LogP contribution in [0.4, 0.5) is 14.7 Å². The number of nitrogens with one attached hydrogen (secondary N) is 2. The zero-order valence-corrected chi connectivity index (χ0v) is 14.4. The molecule has 0 saturated carbocycles. The third-order valence-corrected chi connectivity index (χ3v) is 3.09. The third-order valence-electron chi connectivity index (χ3n) is 2.48. The van der Waals surface area contributed by atoms with Gasteiger partial charge in [0.25, 0.3) is 0 Å². The number of rotatable bonds is 5. The van der Waals surface area contributed by atoms with Gasteiger partial charge in [0, 0.05) is 20.1 Å². The van der Waals surface area contributed by atoms with Crippen molar-refractivity contribution in [1.82, 2.24) is 20.4 Å². The second-order valence-corrected chi connectivity index (χ2v) is 6.88. The van der Waals surface area contributed by atoms with Crippen LogP contribution in [0.15, 0.2) is 5.51 Å². The maximum Gasteiger partial charge on any atom is 0.410 e. The average molecular weight is 329 g/mol. The van der Waals surface area contributed by atoms with Gasteiger partial charge < -0.3 is 15.0 Å². The fourth-order valence-corrected chi connectivity index (χ4v) is 2.02. The van der Waals surface area contributed by atoms with Crippen LogP contribution < -0.4 is 10.6 Å². The molecule has 1 rings (SSSR count). The van der Waals surface area contributed by atoms with Crippen LogP contribution in [0, 0.1) is 5.92 Å². The number of hydrogen-bond acceptors (Lipinski definition) is 6. The monoisotopic (exact) mass is 329 g/mol. The molecule has 1 aromatic heterocycles. The van der Waals surface area contributed by atoms with E-state index in [1.165, 1.54) is 21.7 Å². The first-order valence-electron chi connectivity index (χ1n) is 6.92. The molecule has 1 atom stereocenters. The molecule has 0 aliphatic heterocycles. The van der Waals surface area contributed by atoms with Gasteiger partial charge >= 0.3 is 12.1 Å². The van der Waals surface area contributed by atoms with E-state index in [-0.39, 0.29) is 18.0 Å². The fraction of sp³-hybridized carbons (Fsp3) is 0.692. The highest BCUT2D eigenvalue weighted by molar-refractivity contribution is 7.13. The molecule has 0 fully saturated rings. The Morgan fingerprint density at radius 2 is 2.14 bits per heavy atom. The Balaban J connectivity index is 2.28. The number of urea groups is 1. The van der Waals surface area contributed by atoms with Gasteiger partial charge in [0.05, 0.1) is 0 Å². The fourth-order valence-electron chi connectivity index (χ4n) is 1.58. The van der Waals surface area contributed by atoms with E-state index in [4.69, 9.17) is 4.74 Å². The predicted molar refractivity (Wildman–Crippen MR) is 85.0 cm³/mol. The SMILES string of the molecule is C[C@H](CNC(=O)Nc1nncs1)CN(C)C(=O)OC(C)(C)C. The standard InChI is InChI=1S/C13H23N5O3S/c1-9(7-18(5)12(20)21-13(2,3)4)6-14-10(19)16-11-17-15-8-22-11/h8-9H,6-7H2,1-5H3,(H2,14,16,17,19)/t9-/m1/s1. The van der Waals surface area contributed by atoms with Gasteiger partial charge in [-0.05, 0) is 26.7 Å². The van der Waals surface area contributed by atoms with Crippen molar-refractivity contribution in [3.05, 3.63) is 5.51 Å². The summed E-state index contributed by atoms with van der Waals surface area (Å²) in [6.07, 6.45) is -0.377. The van der Waals surface area contributed by atoms with Crippen LogP contribution in [-0.4, -0.2) is 53.0 Å². The molecule has 0 aliphatic carbocycles. The highest BCUT2D eigenvalue weighted by atomic mass is 32.1. The van der Waals surface area contributed by atoms with E-state index in [1.807, 2.05) is 27.7 Å². The van der Waals surface area contributed by atoms with Crippen LogP contribution in [-0.2, 0) is 4.74 Å². The van der Waals surface area contributed by atoms with Gasteiger partial charge in [-0.15, -0.1) is 10.2 Å². The van der Waals surface area contributed by atoms with Gasteiger partial charge in [-0.2, -0.15) is 0 Å². The van der Waals surface area contributed by atoms with Crippen molar-refractivity contribution >= 4 is 28.6 Å². The van der Waals surface area contributed by atoms with Crippen molar-refractivity contribution in [3.63, 3.8) is 0 Å². The van der Waals surface area contributed by atoms with E-state index in [0.717, 1.165) is 0 Å². The van der Waals surface area contributed by atoms with Crippen LogP contribution in [0.1, 0.15) is 27.7 Å². The van der Waals surface area contributed by atoms with Gasteiger partial charge in [-0.1, -0.05) is 18.3 Å². The van der Waals surface area contributed by atoms with Gasteiger partial charge in [0.15, 0.2) is 0 Å². The molecule has 0 radical (unpaired) electrons. The lowest BCUT2D eigenvalue weighted by atomic mass is 10.1. The summed E-state index contributed by atoms with van der Waals surface area (Å²) < 4.78 is 5.27. The molecule has 0 spiro atoms. The Labute approximate surface area is 134 Å². The number of carbonyl (C=O) groups is 2. The molecule has 0 unspecified atom stereocenters. The number of ether oxygens (including phenoxy) is 1. The Bertz CT molecular complexity index is 486. The molecule has 2 N–H and O–H groups in total. The highest BCUT2D eigenvalue weighted by Crippen LogP contribution is 2.10. The minimum absolute atomic E-state index is 0.0812. The lowest BCUT2D eigenvalue weighted by Crippen LogP contribution is -2.40. The first-order valence-corrected chi connectivity index (χ1v) is 7.80. The van der Waals surface area contributed by atoms with Gasteiger partial charge in [-0.25, -0.2) is 9.59 Å². The number of carbonyl (C=O) groups excluding carboxylic acids is 2. The van der Waals surface area contributed by atoms with E-state index in [2.05, 4.69) is 20.8 Å². The Morgan fingerprint density at radius 1 is 1.45 bits per heavy atom. The zero-order valence-electron chi connectivity index (χ0n) is 13.5. The summed E-state index contributed by atoms with van der Waals surface area (Å²) >= 11 is 1.24. The summed E-state index contributed by atoms with van der Waals surface area (Å²) in [6, 6.07) is -0.344. The number of nitrogens with zero attached hydrogens (tertiary/aromatic N) is 3. The van der Waals surface area contributed by atoms with Gasteiger partial charge in [-0.3, -0.25) is 5.32 Å². The van der Waals surface area contributed by atoms with Crippen LogP contribution in [0.3, 0.4) is 0 Å². The van der Waals surface area contributed by atoms with E-state index in [1.54, 1.807) is 7.05 Å². The molecule has 1 heterocycles. The molecular weight excluding hydrogens is 306 g/mol.